The van der Waals surface area contributed by atoms with Crippen molar-refractivity contribution in [3.05, 3.63) is 143 Å². The van der Waals surface area contributed by atoms with Crippen molar-refractivity contribution in [1.82, 2.24) is 0 Å². The molecule has 1 unspecified atom stereocenters. The Morgan fingerprint density at radius 1 is 0.757 bits per heavy atom. The summed E-state index contributed by atoms with van der Waals surface area (Å²) in [6, 6.07) is 35.6. The molecule has 0 radical (unpaired) electrons. The summed E-state index contributed by atoms with van der Waals surface area (Å²) in [6.07, 6.45) is 7.84. The molecule has 0 saturated carbocycles. The Morgan fingerprint density at radius 2 is 1.41 bits per heavy atom. The molecule has 0 amide bonds. The molecular weight excluding hydrogens is 446 g/mol. The summed E-state index contributed by atoms with van der Waals surface area (Å²) in [6.45, 7) is 11.1. The quantitative estimate of drug-likeness (QED) is 0.269. The monoisotopic (exact) mass is 483 g/mol. The summed E-state index contributed by atoms with van der Waals surface area (Å²) < 4.78 is 0. The molecule has 0 heterocycles. The van der Waals surface area contributed by atoms with Crippen LogP contribution in [0.1, 0.15) is 63.3 Å². The highest BCUT2D eigenvalue weighted by molar-refractivity contribution is 5.88. The van der Waals surface area contributed by atoms with Gasteiger partial charge >= 0.3 is 0 Å². The van der Waals surface area contributed by atoms with E-state index in [1.165, 1.54) is 39.0 Å². The number of hydrogen-bond donors (Lipinski definition) is 1. The first kappa shape index (κ1) is 24.8. The van der Waals surface area contributed by atoms with E-state index in [0.717, 1.165) is 17.8 Å². The normalized spacial score (nSPS) is 17.1. The smallest absolute Gasteiger partial charge is 0.0711 e. The third-order valence-electron chi connectivity index (χ3n) is 7.49. The zero-order valence-electron chi connectivity index (χ0n) is 22.7. The van der Waals surface area contributed by atoms with E-state index in [2.05, 4.69) is 155 Å². The number of allylic oxidation sites excluding steroid dienone is 4. The van der Waals surface area contributed by atoms with E-state index in [4.69, 9.17) is 0 Å². The molecule has 0 spiro atoms. The summed E-state index contributed by atoms with van der Waals surface area (Å²) >= 11 is 0. The van der Waals surface area contributed by atoms with Crippen LogP contribution < -0.4 is 5.32 Å². The van der Waals surface area contributed by atoms with Crippen molar-refractivity contribution in [3.8, 4) is 11.1 Å². The fraction of sp³-hybridized carbons (Fsp3) is 0.222. The first-order chi connectivity index (χ1) is 17.9. The minimum absolute atomic E-state index is 0.141. The second-order valence-electron chi connectivity index (χ2n) is 10.9. The molecule has 186 valence electrons. The molecule has 37 heavy (non-hydrogen) atoms. The van der Waals surface area contributed by atoms with E-state index in [0.29, 0.717) is 0 Å². The minimum atomic E-state index is -0.372. The van der Waals surface area contributed by atoms with Gasteiger partial charge in [0.1, 0.15) is 0 Å². The van der Waals surface area contributed by atoms with Crippen molar-refractivity contribution >= 4 is 11.4 Å². The van der Waals surface area contributed by atoms with E-state index in [-0.39, 0.29) is 10.8 Å². The number of nitrogens with one attached hydrogen (secondary N) is 1. The van der Waals surface area contributed by atoms with Gasteiger partial charge in [-0.2, -0.15) is 0 Å². The summed E-state index contributed by atoms with van der Waals surface area (Å²) in [5, 5.41) is 3.69. The zero-order valence-corrected chi connectivity index (χ0v) is 22.7. The third-order valence-corrected chi connectivity index (χ3v) is 7.49. The van der Waals surface area contributed by atoms with Crippen molar-refractivity contribution in [1.29, 1.82) is 0 Å². The Labute approximate surface area is 222 Å². The summed E-state index contributed by atoms with van der Waals surface area (Å²) in [5.74, 6) is 0. The lowest BCUT2D eigenvalue weighted by Gasteiger charge is -2.35. The number of rotatable bonds is 6. The van der Waals surface area contributed by atoms with Crippen molar-refractivity contribution in [2.24, 2.45) is 0 Å². The number of anilines is 2. The molecule has 0 fully saturated rings. The first-order valence-corrected chi connectivity index (χ1v) is 13.4. The summed E-state index contributed by atoms with van der Waals surface area (Å²) in [7, 11) is 0. The largest absolute Gasteiger partial charge is 0.356 e. The highest BCUT2D eigenvalue weighted by Gasteiger charge is 2.46. The van der Waals surface area contributed by atoms with Gasteiger partial charge in [0.15, 0.2) is 0 Å². The predicted octanol–water partition coefficient (Wildman–Crippen LogP) is 9.95. The van der Waals surface area contributed by atoms with Crippen LogP contribution in [-0.2, 0) is 10.8 Å². The molecule has 1 aliphatic carbocycles. The van der Waals surface area contributed by atoms with Gasteiger partial charge in [-0.05, 0) is 82.0 Å². The van der Waals surface area contributed by atoms with Crippen LogP contribution in [0.15, 0.2) is 121 Å². The van der Waals surface area contributed by atoms with Crippen LogP contribution in [0, 0.1) is 0 Å². The molecule has 0 aromatic heterocycles. The highest BCUT2D eigenvalue weighted by atomic mass is 14.9. The van der Waals surface area contributed by atoms with Gasteiger partial charge < -0.3 is 5.32 Å². The van der Waals surface area contributed by atoms with Gasteiger partial charge in [-0.1, -0.05) is 119 Å². The van der Waals surface area contributed by atoms with Gasteiger partial charge in [0.25, 0.3) is 0 Å². The van der Waals surface area contributed by atoms with Gasteiger partial charge in [-0.15, -0.1) is 0 Å². The standard InChI is InChI=1S/C36H37N/c1-6-13-27(14-7-2)36(28-15-9-8-10-16-28)33-18-12-11-17-31(33)32-24-23-30(25-34(32)36)37-29-21-19-26(20-22-29)35(3,4)5/h6,8-25,37H,7H2,1-5H3/b13-6-,27-14+. The van der Waals surface area contributed by atoms with Gasteiger partial charge in [-0.3, -0.25) is 0 Å². The second kappa shape index (κ2) is 9.90. The van der Waals surface area contributed by atoms with Crippen LogP contribution in [0.5, 0.6) is 0 Å². The van der Waals surface area contributed by atoms with Crippen LogP contribution in [0.2, 0.25) is 0 Å². The lowest BCUT2D eigenvalue weighted by Crippen LogP contribution is -2.29. The molecule has 5 rings (SSSR count). The number of fused-ring (bicyclic) bond motifs is 3. The van der Waals surface area contributed by atoms with Crippen LogP contribution in [-0.4, -0.2) is 0 Å². The fourth-order valence-electron chi connectivity index (χ4n) is 5.80. The Kier molecular flexibility index (Phi) is 6.65. The van der Waals surface area contributed by atoms with Gasteiger partial charge in [-0.25, -0.2) is 0 Å². The van der Waals surface area contributed by atoms with Crippen molar-refractivity contribution in [3.63, 3.8) is 0 Å². The molecular formula is C36H37N. The lowest BCUT2D eigenvalue weighted by molar-refractivity contribution is 0.590. The van der Waals surface area contributed by atoms with Gasteiger partial charge in [0.2, 0.25) is 0 Å². The highest BCUT2D eigenvalue weighted by Crippen LogP contribution is 2.57. The minimum Gasteiger partial charge on any atom is -0.356 e. The van der Waals surface area contributed by atoms with Crippen LogP contribution in [0.25, 0.3) is 11.1 Å². The Balaban J connectivity index is 1.71. The Hall–Kier alpha value is -3.84. The van der Waals surface area contributed by atoms with E-state index in [1.54, 1.807) is 0 Å². The maximum Gasteiger partial charge on any atom is 0.0711 e. The van der Waals surface area contributed by atoms with Crippen molar-refractivity contribution in [2.45, 2.75) is 51.9 Å². The topological polar surface area (TPSA) is 12.0 Å². The fourth-order valence-corrected chi connectivity index (χ4v) is 5.80. The molecule has 1 heteroatoms. The third kappa shape index (κ3) is 4.33. The SMILES string of the molecule is C/C=C\C(=C/CC)C1(c2ccccc2)c2ccccc2-c2ccc(Nc3ccc(C(C)(C)C)cc3)cc21. The van der Waals surface area contributed by atoms with Crippen LogP contribution in [0.3, 0.4) is 0 Å². The van der Waals surface area contributed by atoms with Gasteiger partial charge in [0, 0.05) is 11.4 Å². The average molecular weight is 484 g/mol. The summed E-state index contributed by atoms with van der Waals surface area (Å²) in [5.41, 5.74) is 11.2. The van der Waals surface area contributed by atoms with Gasteiger partial charge in [0.05, 0.1) is 5.41 Å². The number of hydrogen-bond acceptors (Lipinski definition) is 1. The maximum atomic E-state index is 3.69. The van der Waals surface area contributed by atoms with Crippen molar-refractivity contribution in [2.75, 3.05) is 5.32 Å². The predicted molar refractivity (Wildman–Crippen MR) is 160 cm³/mol. The number of benzene rings is 4. The second-order valence-corrected chi connectivity index (χ2v) is 10.9. The molecule has 4 aromatic rings. The van der Waals surface area contributed by atoms with E-state index >= 15 is 0 Å². The van der Waals surface area contributed by atoms with Crippen molar-refractivity contribution < 1.29 is 0 Å². The first-order valence-electron chi connectivity index (χ1n) is 13.4. The Bertz CT molecular complexity index is 1450. The Morgan fingerprint density at radius 3 is 2.08 bits per heavy atom. The lowest BCUT2D eigenvalue weighted by atomic mass is 9.66. The van der Waals surface area contributed by atoms with Crippen LogP contribution >= 0.6 is 0 Å². The van der Waals surface area contributed by atoms with Crippen LogP contribution in [0.4, 0.5) is 11.4 Å². The van der Waals surface area contributed by atoms with E-state index < -0.39 is 0 Å². The molecule has 0 saturated heterocycles. The molecule has 0 aliphatic heterocycles. The molecule has 1 N–H and O–H groups in total. The molecule has 0 bridgehead atoms. The average Bonchev–Trinajstić information content (AvgIpc) is 3.19. The summed E-state index contributed by atoms with van der Waals surface area (Å²) in [4.78, 5) is 0. The maximum absolute atomic E-state index is 3.69. The molecule has 4 aromatic carbocycles. The molecule has 1 atom stereocenters. The van der Waals surface area contributed by atoms with E-state index in [1.807, 2.05) is 0 Å². The molecule has 1 nitrogen and oxygen atoms in total. The van der Waals surface area contributed by atoms with E-state index in [9.17, 15) is 0 Å². The molecule has 1 aliphatic rings. The zero-order chi connectivity index (χ0) is 26.0.